The number of amidine groups is 1. The van der Waals surface area contributed by atoms with Gasteiger partial charge in [-0.2, -0.15) is 13.2 Å². The van der Waals surface area contributed by atoms with Gasteiger partial charge in [-0.3, -0.25) is 4.79 Å². The number of nitrogens with one attached hydrogen (secondary N) is 1. The zero-order valence-electron chi connectivity index (χ0n) is 23.5. The van der Waals surface area contributed by atoms with Crippen molar-refractivity contribution in [1.82, 2.24) is 10.2 Å². The number of nitrogens with two attached hydrogens (primary N) is 1. The summed E-state index contributed by atoms with van der Waals surface area (Å²) in [6.07, 6.45) is 0.136. The van der Waals surface area contributed by atoms with Gasteiger partial charge in [-0.25, -0.2) is 4.99 Å². The summed E-state index contributed by atoms with van der Waals surface area (Å²) in [5, 5.41) is 13.5. The number of carboxylic acid groups (broad SMARTS) is 1. The van der Waals surface area contributed by atoms with E-state index in [2.05, 4.69) is 10.3 Å². The number of nitrogens with zero attached hydrogens (tertiary/aromatic N) is 2. The maximum Gasteiger partial charge on any atom is 0.416 e. The molecule has 2 aromatic carbocycles. The van der Waals surface area contributed by atoms with Crippen molar-refractivity contribution in [3.63, 3.8) is 0 Å². The Hall–Kier alpha value is -3.95. The Balaban J connectivity index is 1.53. The highest BCUT2D eigenvalue weighted by Gasteiger charge is 2.53. The summed E-state index contributed by atoms with van der Waals surface area (Å²) in [7, 11) is 0. The van der Waals surface area contributed by atoms with Crippen molar-refractivity contribution >= 4 is 17.5 Å². The number of aliphatic carboxylic acids is 1. The zero-order chi connectivity index (χ0) is 29.7. The minimum Gasteiger partial charge on any atom is -0.493 e. The third-order valence-electron chi connectivity index (χ3n) is 8.86. The van der Waals surface area contributed by atoms with Gasteiger partial charge in [-0.1, -0.05) is 45.0 Å². The number of hydrogen-bond donors (Lipinski definition) is 3. The molecule has 218 valence electrons. The summed E-state index contributed by atoms with van der Waals surface area (Å²) in [5.74, 6) is -0.675. The Labute approximate surface area is 237 Å². The molecule has 0 aromatic heterocycles. The summed E-state index contributed by atoms with van der Waals surface area (Å²) >= 11 is 0. The molecule has 0 bridgehead atoms. The van der Waals surface area contributed by atoms with Gasteiger partial charge in [-0.05, 0) is 54.5 Å². The number of halogens is 3. The number of benzene rings is 2. The van der Waals surface area contributed by atoms with Gasteiger partial charge in [0.15, 0.2) is 0 Å². The third-order valence-corrected chi connectivity index (χ3v) is 8.86. The van der Waals surface area contributed by atoms with E-state index in [0.29, 0.717) is 35.9 Å². The van der Waals surface area contributed by atoms with Gasteiger partial charge >= 0.3 is 12.1 Å². The third kappa shape index (κ3) is 5.04. The first-order chi connectivity index (χ1) is 19.3. The standard InChI is InChI=1S/C31H35F3N4O3/c1-5-41-24-16-19(17(2)18-7-6-8-20(15-18)31(32,33)34)9-10-21(24)25-26-27(35)36-13-14-38(26)28(37-25)22-11-12-23(29(39)40)30(22,3)4/h6-10,13-17,22-23,28,37H,5,11-12H2,1-4H3,(H2,35,36)(H,39,40)/t17-,22?,23-,28?/m1/s1. The van der Waals surface area contributed by atoms with E-state index in [4.69, 9.17) is 10.5 Å². The number of rotatable bonds is 7. The second-order valence-electron chi connectivity index (χ2n) is 11.5. The first-order valence-corrected chi connectivity index (χ1v) is 13.8. The van der Waals surface area contributed by atoms with Crippen LogP contribution >= 0.6 is 0 Å². The second kappa shape index (κ2) is 10.5. The van der Waals surface area contributed by atoms with Gasteiger partial charge in [0, 0.05) is 29.8 Å². The molecule has 2 heterocycles. The molecule has 2 unspecified atom stereocenters. The first-order valence-electron chi connectivity index (χ1n) is 13.8. The van der Waals surface area contributed by atoms with Crippen LogP contribution in [0.3, 0.4) is 0 Å². The van der Waals surface area contributed by atoms with Crippen molar-refractivity contribution in [3.8, 4) is 5.75 Å². The van der Waals surface area contributed by atoms with Crippen LogP contribution in [0.2, 0.25) is 0 Å². The molecule has 4 atom stereocenters. The van der Waals surface area contributed by atoms with Gasteiger partial charge in [0.25, 0.3) is 0 Å². The second-order valence-corrected chi connectivity index (χ2v) is 11.5. The lowest BCUT2D eigenvalue weighted by Crippen LogP contribution is -2.48. The topological polar surface area (TPSA) is 100 Å². The predicted octanol–water partition coefficient (Wildman–Crippen LogP) is 6.13. The van der Waals surface area contributed by atoms with Gasteiger partial charge in [0.05, 0.1) is 23.8 Å². The largest absolute Gasteiger partial charge is 0.493 e. The minimum absolute atomic E-state index is 0.00222. The van der Waals surface area contributed by atoms with Gasteiger partial charge in [0.2, 0.25) is 0 Å². The molecule has 1 fully saturated rings. The smallest absolute Gasteiger partial charge is 0.416 e. The van der Waals surface area contributed by atoms with Crippen LogP contribution in [-0.2, 0) is 11.0 Å². The van der Waals surface area contributed by atoms with E-state index in [1.54, 1.807) is 12.3 Å². The fourth-order valence-corrected chi connectivity index (χ4v) is 6.55. The molecule has 2 aromatic rings. The molecule has 0 amide bonds. The zero-order valence-corrected chi connectivity index (χ0v) is 23.5. The van der Waals surface area contributed by atoms with Crippen LogP contribution in [0.25, 0.3) is 5.70 Å². The van der Waals surface area contributed by atoms with Crippen molar-refractivity contribution in [3.05, 3.63) is 82.8 Å². The number of carboxylic acids is 1. The molecule has 0 radical (unpaired) electrons. The highest BCUT2D eigenvalue weighted by Crippen LogP contribution is 2.52. The average molecular weight is 569 g/mol. The normalized spacial score (nSPS) is 24.1. The van der Waals surface area contributed by atoms with E-state index in [-0.39, 0.29) is 18.0 Å². The number of aliphatic imine (C=N–C) groups is 1. The van der Waals surface area contributed by atoms with E-state index in [1.807, 2.05) is 57.0 Å². The summed E-state index contributed by atoms with van der Waals surface area (Å²) in [6.45, 7) is 8.12. The Bertz CT molecular complexity index is 1450. The van der Waals surface area contributed by atoms with Crippen LogP contribution in [0, 0.1) is 17.3 Å². The average Bonchev–Trinajstić information content (AvgIpc) is 3.45. The number of ether oxygens (including phenoxy) is 1. The Kier molecular flexibility index (Phi) is 7.29. The van der Waals surface area contributed by atoms with E-state index < -0.39 is 29.0 Å². The predicted molar refractivity (Wildman–Crippen MR) is 151 cm³/mol. The Morgan fingerprint density at radius 3 is 2.61 bits per heavy atom. The lowest BCUT2D eigenvalue weighted by atomic mass is 9.74. The highest BCUT2D eigenvalue weighted by atomic mass is 19.4. The van der Waals surface area contributed by atoms with E-state index in [9.17, 15) is 23.1 Å². The van der Waals surface area contributed by atoms with E-state index in [1.165, 1.54) is 12.1 Å². The van der Waals surface area contributed by atoms with Crippen molar-refractivity contribution in [2.75, 3.05) is 6.61 Å². The van der Waals surface area contributed by atoms with Crippen LogP contribution in [0.1, 0.15) is 68.7 Å². The molecule has 1 aliphatic carbocycles. The van der Waals surface area contributed by atoms with Crippen LogP contribution in [0.4, 0.5) is 13.2 Å². The molecule has 2 aliphatic heterocycles. The molecule has 1 saturated carbocycles. The minimum atomic E-state index is -4.42. The van der Waals surface area contributed by atoms with Crippen molar-refractivity contribution in [2.45, 2.75) is 58.8 Å². The summed E-state index contributed by atoms with van der Waals surface area (Å²) in [4.78, 5) is 18.4. The molecular weight excluding hydrogens is 533 g/mol. The van der Waals surface area contributed by atoms with Crippen LogP contribution in [0.15, 0.2) is 65.6 Å². The van der Waals surface area contributed by atoms with Gasteiger partial charge in [0.1, 0.15) is 23.4 Å². The Morgan fingerprint density at radius 1 is 1.22 bits per heavy atom. The molecular formula is C31H35F3N4O3. The first kappa shape index (κ1) is 28.6. The Morgan fingerprint density at radius 2 is 1.95 bits per heavy atom. The van der Waals surface area contributed by atoms with Crippen LogP contribution < -0.4 is 15.8 Å². The van der Waals surface area contributed by atoms with Crippen molar-refractivity contribution < 1.29 is 27.8 Å². The van der Waals surface area contributed by atoms with Crippen LogP contribution in [0.5, 0.6) is 5.75 Å². The maximum absolute atomic E-state index is 13.4. The van der Waals surface area contributed by atoms with E-state index >= 15 is 0 Å². The summed E-state index contributed by atoms with van der Waals surface area (Å²) in [5.41, 5.74) is 8.75. The number of fused-ring (bicyclic) bond motifs is 1. The fourth-order valence-electron chi connectivity index (χ4n) is 6.55. The van der Waals surface area contributed by atoms with Crippen molar-refractivity contribution in [2.24, 2.45) is 28.0 Å². The molecule has 0 spiro atoms. The quantitative estimate of drug-likeness (QED) is 0.371. The van der Waals surface area contributed by atoms with Crippen molar-refractivity contribution in [1.29, 1.82) is 0 Å². The number of hydrogen-bond acceptors (Lipinski definition) is 6. The monoisotopic (exact) mass is 568 g/mol. The number of carbonyl (C=O) groups is 1. The fraction of sp³-hybridized carbons (Fsp3) is 0.419. The molecule has 5 rings (SSSR count). The SMILES string of the molecule is CCOc1cc([C@H](C)c2cccc(C(F)(F)F)c2)ccc1C1=C2C(N)=NC=CN2C(C2CC[C@H](C(=O)O)C2(C)C)N1. The van der Waals surface area contributed by atoms with Gasteiger partial charge in [-0.15, -0.1) is 0 Å². The van der Waals surface area contributed by atoms with E-state index in [0.717, 1.165) is 29.3 Å². The highest BCUT2D eigenvalue weighted by molar-refractivity contribution is 6.05. The molecule has 3 aliphatic rings. The summed E-state index contributed by atoms with van der Waals surface area (Å²) in [6, 6.07) is 11.0. The van der Waals surface area contributed by atoms with Crippen LogP contribution in [-0.4, -0.2) is 34.6 Å². The molecule has 10 heteroatoms. The number of alkyl halides is 3. The lowest BCUT2D eigenvalue weighted by molar-refractivity contribution is -0.145. The lowest BCUT2D eigenvalue weighted by Gasteiger charge is -2.39. The molecule has 7 nitrogen and oxygen atoms in total. The molecule has 4 N–H and O–H groups in total. The summed E-state index contributed by atoms with van der Waals surface area (Å²) < 4.78 is 46.1. The maximum atomic E-state index is 13.4. The van der Waals surface area contributed by atoms with Gasteiger partial charge < -0.3 is 25.8 Å². The molecule has 0 saturated heterocycles. The molecule has 41 heavy (non-hydrogen) atoms.